The van der Waals surface area contributed by atoms with Crippen LogP contribution in [0.1, 0.15) is 27.6 Å². The zero-order valence-electron chi connectivity index (χ0n) is 17.3. The van der Waals surface area contributed by atoms with Gasteiger partial charge >= 0.3 is 0 Å². The topological polar surface area (TPSA) is 92.8 Å². The van der Waals surface area contributed by atoms with E-state index >= 15 is 0 Å². The lowest BCUT2D eigenvalue weighted by atomic mass is 10.1. The maximum absolute atomic E-state index is 13.1. The van der Waals surface area contributed by atoms with E-state index in [-0.39, 0.29) is 16.2 Å². The Bertz CT molecular complexity index is 1220. The van der Waals surface area contributed by atoms with Crippen LogP contribution in [-0.4, -0.2) is 34.3 Å². The van der Waals surface area contributed by atoms with Crippen LogP contribution in [0.5, 0.6) is 5.75 Å². The molecule has 0 saturated carbocycles. The molecule has 3 aromatic rings. The minimum atomic E-state index is -3.89. The van der Waals surface area contributed by atoms with E-state index < -0.39 is 15.9 Å². The van der Waals surface area contributed by atoms with Gasteiger partial charge in [0.25, 0.3) is 15.9 Å². The van der Waals surface area contributed by atoms with Crippen LogP contribution in [0, 0.1) is 0 Å². The van der Waals surface area contributed by atoms with Crippen LogP contribution in [0.4, 0.5) is 11.4 Å². The maximum atomic E-state index is 13.1. The Morgan fingerprint density at radius 2 is 1.55 bits per heavy atom. The molecule has 1 amide bonds. The number of anilines is 2. The summed E-state index contributed by atoms with van der Waals surface area (Å²) in [7, 11) is -0.919. The monoisotopic (exact) mass is 438 g/mol. The standard InChI is InChI=1S/C23H22N2O5S/c1-16(26)17-6-4-8-19(14-17)24-23(27)18-7-5-9-22(15-18)31(28,29)25(2)20-10-12-21(30-3)13-11-20/h4-15H,1-3H3,(H,24,27). The van der Waals surface area contributed by atoms with E-state index in [1.54, 1.807) is 48.5 Å². The number of ketones is 1. The molecule has 31 heavy (non-hydrogen) atoms. The second kappa shape index (κ2) is 9.01. The number of methoxy groups -OCH3 is 1. The van der Waals surface area contributed by atoms with Gasteiger partial charge < -0.3 is 10.1 Å². The van der Waals surface area contributed by atoms with Crippen molar-refractivity contribution in [2.45, 2.75) is 11.8 Å². The predicted octanol–water partition coefficient (Wildman–Crippen LogP) is 3.98. The molecule has 0 aliphatic carbocycles. The Kier molecular flexibility index (Phi) is 6.41. The molecule has 8 heteroatoms. The molecule has 0 fully saturated rings. The SMILES string of the molecule is COc1ccc(N(C)S(=O)(=O)c2cccc(C(=O)Nc3cccc(C(C)=O)c3)c2)cc1. The van der Waals surface area contributed by atoms with Crippen molar-refractivity contribution in [2.24, 2.45) is 0 Å². The number of Topliss-reactive ketones (excluding diaryl/α,β-unsaturated/α-hetero) is 1. The van der Waals surface area contributed by atoms with E-state index in [0.29, 0.717) is 22.7 Å². The minimum absolute atomic E-state index is 0.0176. The number of carbonyl (C=O) groups is 2. The van der Waals surface area contributed by atoms with Crippen molar-refractivity contribution in [3.8, 4) is 5.75 Å². The molecule has 0 radical (unpaired) electrons. The van der Waals surface area contributed by atoms with E-state index in [1.165, 1.54) is 45.3 Å². The summed E-state index contributed by atoms with van der Waals surface area (Å²) >= 11 is 0. The van der Waals surface area contributed by atoms with Gasteiger partial charge in [-0.3, -0.25) is 13.9 Å². The van der Waals surface area contributed by atoms with Crippen LogP contribution >= 0.6 is 0 Å². The predicted molar refractivity (Wildman–Crippen MR) is 119 cm³/mol. The number of amides is 1. The summed E-state index contributed by atoms with van der Waals surface area (Å²) in [4.78, 5) is 24.2. The molecule has 160 valence electrons. The number of rotatable bonds is 7. The molecule has 0 aliphatic heterocycles. The first-order chi connectivity index (χ1) is 14.7. The number of nitrogens with one attached hydrogen (secondary N) is 1. The summed E-state index contributed by atoms with van der Waals surface area (Å²) < 4.78 is 32.4. The molecule has 0 spiro atoms. The summed E-state index contributed by atoms with van der Waals surface area (Å²) in [6, 6.07) is 18.9. The number of nitrogens with zero attached hydrogens (tertiary/aromatic N) is 1. The Hall–Kier alpha value is -3.65. The maximum Gasteiger partial charge on any atom is 0.264 e. The third kappa shape index (κ3) is 4.92. The first kappa shape index (κ1) is 22.0. The zero-order valence-corrected chi connectivity index (χ0v) is 18.1. The number of benzene rings is 3. The van der Waals surface area contributed by atoms with Gasteiger partial charge in [-0.15, -0.1) is 0 Å². The fourth-order valence-electron chi connectivity index (χ4n) is 2.91. The van der Waals surface area contributed by atoms with Crippen molar-refractivity contribution in [3.63, 3.8) is 0 Å². The quantitative estimate of drug-likeness (QED) is 0.564. The Morgan fingerprint density at radius 1 is 0.903 bits per heavy atom. The van der Waals surface area contributed by atoms with E-state index in [1.807, 2.05) is 0 Å². The van der Waals surface area contributed by atoms with E-state index in [2.05, 4.69) is 5.32 Å². The molecule has 0 atom stereocenters. The molecule has 0 unspecified atom stereocenters. The summed E-state index contributed by atoms with van der Waals surface area (Å²) in [6.07, 6.45) is 0. The van der Waals surface area contributed by atoms with Crippen molar-refractivity contribution in [3.05, 3.63) is 83.9 Å². The lowest BCUT2D eigenvalue weighted by Gasteiger charge is -2.20. The van der Waals surface area contributed by atoms with Crippen LogP contribution in [0.3, 0.4) is 0 Å². The zero-order chi connectivity index (χ0) is 22.6. The molecule has 7 nitrogen and oxygen atoms in total. The third-order valence-corrected chi connectivity index (χ3v) is 6.50. The van der Waals surface area contributed by atoms with E-state index in [4.69, 9.17) is 4.74 Å². The fraction of sp³-hybridized carbons (Fsp3) is 0.130. The molecule has 3 aromatic carbocycles. The van der Waals surface area contributed by atoms with Crippen molar-refractivity contribution < 1.29 is 22.7 Å². The van der Waals surface area contributed by atoms with Gasteiger partial charge in [0.05, 0.1) is 17.7 Å². The number of ether oxygens (including phenoxy) is 1. The first-order valence-corrected chi connectivity index (χ1v) is 10.8. The van der Waals surface area contributed by atoms with Gasteiger partial charge in [-0.1, -0.05) is 18.2 Å². The van der Waals surface area contributed by atoms with Gasteiger partial charge in [-0.2, -0.15) is 0 Å². The largest absolute Gasteiger partial charge is 0.497 e. The highest BCUT2D eigenvalue weighted by Crippen LogP contribution is 2.25. The molecule has 0 bridgehead atoms. The van der Waals surface area contributed by atoms with Crippen molar-refractivity contribution in [2.75, 3.05) is 23.8 Å². The molecule has 3 rings (SSSR count). The van der Waals surface area contributed by atoms with E-state index in [9.17, 15) is 18.0 Å². The minimum Gasteiger partial charge on any atom is -0.497 e. The molecule has 0 heterocycles. The Morgan fingerprint density at radius 3 is 2.19 bits per heavy atom. The summed E-state index contributed by atoms with van der Waals surface area (Å²) in [6.45, 7) is 1.44. The summed E-state index contributed by atoms with van der Waals surface area (Å²) in [5.41, 5.74) is 1.55. The van der Waals surface area contributed by atoms with Gasteiger partial charge in [0, 0.05) is 23.9 Å². The van der Waals surface area contributed by atoms with Gasteiger partial charge in [-0.25, -0.2) is 8.42 Å². The van der Waals surface area contributed by atoms with Crippen molar-refractivity contribution in [1.82, 2.24) is 0 Å². The van der Waals surface area contributed by atoms with Crippen LogP contribution in [0.25, 0.3) is 0 Å². The molecular weight excluding hydrogens is 416 g/mol. The molecule has 0 aliphatic rings. The smallest absolute Gasteiger partial charge is 0.264 e. The molecule has 0 aromatic heterocycles. The normalized spacial score (nSPS) is 10.9. The van der Waals surface area contributed by atoms with Gasteiger partial charge in [0.2, 0.25) is 0 Å². The Labute approximate surface area is 181 Å². The van der Waals surface area contributed by atoms with Gasteiger partial charge in [-0.05, 0) is 61.5 Å². The van der Waals surface area contributed by atoms with Gasteiger partial charge in [0.1, 0.15) is 5.75 Å². The van der Waals surface area contributed by atoms with Crippen LogP contribution in [-0.2, 0) is 10.0 Å². The second-order valence-electron chi connectivity index (χ2n) is 6.79. The van der Waals surface area contributed by atoms with Gasteiger partial charge in [0.15, 0.2) is 5.78 Å². The third-order valence-electron chi connectivity index (χ3n) is 4.72. The number of carbonyl (C=O) groups excluding carboxylic acids is 2. The number of sulfonamides is 1. The van der Waals surface area contributed by atoms with E-state index in [0.717, 1.165) is 4.31 Å². The van der Waals surface area contributed by atoms with Crippen LogP contribution in [0.15, 0.2) is 77.7 Å². The highest BCUT2D eigenvalue weighted by Gasteiger charge is 2.22. The Balaban J connectivity index is 1.85. The lowest BCUT2D eigenvalue weighted by Crippen LogP contribution is -2.26. The number of hydrogen-bond acceptors (Lipinski definition) is 5. The highest BCUT2D eigenvalue weighted by molar-refractivity contribution is 7.92. The summed E-state index contributed by atoms with van der Waals surface area (Å²) in [5, 5.41) is 2.69. The van der Waals surface area contributed by atoms with Crippen molar-refractivity contribution >= 4 is 33.1 Å². The lowest BCUT2D eigenvalue weighted by molar-refractivity contribution is 0.101. The van der Waals surface area contributed by atoms with Crippen LogP contribution in [0.2, 0.25) is 0 Å². The highest BCUT2D eigenvalue weighted by atomic mass is 32.2. The average molecular weight is 439 g/mol. The molecule has 1 N–H and O–H groups in total. The second-order valence-corrected chi connectivity index (χ2v) is 8.76. The first-order valence-electron chi connectivity index (χ1n) is 9.38. The van der Waals surface area contributed by atoms with Crippen molar-refractivity contribution in [1.29, 1.82) is 0 Å². The average Bonchev–Trinajstić information content (AvgIpc) is 2.78. The van der Waals surface area contributed by atoms with Crippen LogP contribution < -0.4 is 14.4 Å². The number of hydrogen-bond donors (Lipinski definition) is 1. The summed E-state index contributed by atoms with van der Waals surface area (Å²) in [5.74, 6) is 0.0117. The molecular formula is C23H22N2O5S. The fourth-order valence-corrected chi connectivity index (χ4v) is 4.15. The molecule has 0 saturated heterocycles.